The number of ether oxygens (including phenoxy) is 1. The molecule has 1 aliphatic heterocycles. The van der Waals surface area contributed by atoms with E-state index in [-0.39, 0.29) is 23.5 Å². The van der Waals surface area contributed by atoms with Crippen LogP contribution in [0.25, 0.3) is 0 Å². The molecule has 1 fully saturated rings. The smallest absolute Gasteiger partial charge is 0.276 e. The predicted molar refractivity (Wildman–Crippen MR) is 57.2 cm³/mol. The number of aromatic hydroxyl groups is 1. The molecular formula is C11H14N2O3. The van der Waals surface area contributed by atoms with Crippen molar-refractivity contribution in [1.29, 1.82) is 0 Å². The quantitative estimate of drug-likeness (QED) is 0.798. The van der Waals surface area contributed by atoms with Gasteiger partial charge in [0.25, 0.3) is 5.91 Å². The summed E-state index contributed by atoms with van der Waals surface area (Å²) in [7, 11) is 1.64. The molecular weight excluding hydrogens is 208 g/mol. The van der Waals surface area contributed by atoms with Gasteiger partial charge < -0.3 is 14.7 Å². The van der Waals surface area contributed by atoms with E-state index in [1.165, 1.54) is 12.3 Å². The van der Waals surface area contributed by atoms with E-state index in [0.29, 0.717) is 13.1 Å². The second kappa shape index (κ2) is 4.49. The molecule has 2 heterocycles. The van der Waals surface area contributed by atoms with Gasteiger partial charge >= 0.3 is 0 Å². The molecule has 1 atom stereocenters. The summed E-state index contributed by atoms with van der Waals surface area (Å²) >= 11 is 0. The number of aromatic nitrogens is 1. The average Bonchev–Trinajstić information content (AvgIpc) is 2.77. The maximum atomic E-state index is 12.0. The molecule has 1 aromatic heterocycles. The van der Waals surface area contributed by atoms with Crippen molar-refractivity contribution >= 4 is 5.91 Å². The number of rotatable bonds is 2. The van der Waals surface area contributed by atoms with Crippen LogP contribution in [0, 0.1) is 0 Å². The number of carbonyl (C=O) groups is 1. The van der Waals surface area contributed by atoms with E-state index in [1.807, 2.05) is 0 Å². The Labute approximate surface area is 93.7 Å². The van der Waals surface area contributed by atoms with Gasteiger partial charge in [0.1, 0.15) is 5.75 Å². The minimum atomic E-state index is -0.238. The van der Waals surface area contributed by atoms with Crippen molar-refractivity contribution in [3.8, 4) is 5.75 Å². The SMILES string of the molecule is COC1CCN(C(=O)c2ncccc2O)C1. The van der Waals surface area contributed by atoms with Gasteiger partial charge in [0.05, 0.1) is 6.10 Å². The van der Waals surface area contributed by atoms with Gasteiger partial charge in [-0.25, -0.2) is 4.98 Å². The largest absolute Gasteiger partial charge is 0.505 e. The van der Waals surface area contributed by atoms with Crippen molar-refractivity contribution in [3.05, 3.63) is 24.0 Å². The molecule has 0 spiro atoms. The van der Waals surface area contributed by atoms with Gasteiger partial charge in [-0.3, -0.25) is 4.79 Å². The highest BCUT2D eigenvalue weighted by atomic mass is 16.5. The van der Waals surface area contributed by atoms with Gasteiger partial charge in [0, 0.05) is 26.4 Å². The summed E-state index contributed by atoms with van der Waals surface area (Å²) in [6, 6.07) is 3.05. The third-order valence-corrected chi connectivity index (χ3v) is 2.75. The Kier molecular flexibility index (Phi) is 3.05. The lowest BCUT2D eigenvalue weighted by Gasteiger charge is -2.15. The molecule has 0 aromatic carbocycles. The Morgan fingerprint density at radius 2 is 2.50 bits per heavy atom. The Bertz CT molecular complexity index is 395. The van der Waals surface area contributed by atoms with Gasteiger partial charge in [0.2, 0.25) is 0 Å². The second-order valence-corrected chi connectivity index (χ2v) is 3.77. The number of likely N-dealkylation sites (tertiary alicyclic amines) is 1. The number of amides is 1. The summed E-state index contributed by atoms with van der Waals surface area (Å²) < 4.78 is 5.18. The van der Waals surface area contributed by atoms with Crippen molar-refractivity contribution in [2.45, 2.75) is 12.5 Å². The topological polar surface area (TPSA) is 62.7 Å². The highest BCUT2D eigenvalue weighted by Crippen LogP contribution is 2.19. The normalized spacial score (nSPS) is 20.1. The molecule has 1 aromatic rings. The highest BCUT2D eigenvalue weighted by Gasteiger charge is 2.28. The lowest BCUT2D eigenvalue weighted by atomic mass is 10.3. The fraction of sp³-hybridized carbons (Fsp3) is 0.455. The Hall–Kier alpha value is -1.62. The monoisotopic (exact) mass is 222 g/mol. The minimum Gasteiger partial charge on any atom is -0.505 e. The maximum absolute atomic E-state index is 12.0. The number of pyridine rings is 1. The van der Waals surface area contributed by atoms with E-state index in [1.54, 1.807) is 18.1 Å². The van der Waals surface area contributed by atoms with Crippen LogP contribution in [0.15, 0.2) is 18.3 Å². The highest BCUT2D eigenvalue weighted by molar-refractivity contribution is 5.94. The molecule has 1 unspecified atom stereocenters. The van der Waals surface area contributed by atoms with Crippen molar-refractivity contribution in [2.24, 2.45) is 0 Å². The van der Waals surface area contributed by atoms with Crippen molar-refractivity contribution in [1.82, 2.24) is 9.88 Å². The number of hydrogen-bond donors (Lipinski definition) is 1. The minimum absolute atomic E-state index is 0.0756. The molecule has 1 aliphatic rings. The maximum Gasteiger partial charge on any atom is 0.276 e. The molecule has 0 radical (unpaired) electrons. The molecule has 0 saturated carbocycles. The number of hydrogen-bond acceptors (Lipinski definition) is 4. The van der Waals surface area contributed by atoms with E-state index in [0.717, 1.165) is 6.42 Å². The first-order valence-corrected chi connectivity index (χ1v) is 5.18. The van der Waals surface area contributed by atoms with Gasteiger partial charge in [-0.05, 0) is 18.6 Å². The van der Waals surface area contributed by atoms with Crippen molar-refractivity contribution in [2.75, 3.05) is 20.2 Å². The summed E-state index contributed by atoms with van der Waals surface area (Å²) in [6.45, 7) is 1.21. The van der Waals surface area contributed by atoms with Crippen LogP contribution in [0.4, 0.5) is 0 Å². The number of methoxy groups -OCH3 is 1. The van der Waals surface area contributed by atoms with Crippen molar-refractivity contribution in [3.63, 3.8) is 0 Å². The summed E-state index contributed by atoms with van der Waals surface area (Å²) in [5, 5.41) is 9.52. The molecule has 2 rings (SSSR count). The van der Waals surface area contributed by atoms with Crippen LogP contribution in [-0.4, -0.2) is 47.2 Å². The summed E-state index contributed by atoms with van der Waals surface area (Å²) in [6.07, 6.45) is 2.42. The van der Waals surface area contributed by atoms with Crippen LogP contribution >= 0.6 is 0 Å². The molecule has 1 N–H and O–H groups in total. The average molecular weight is 222 g/mol. The lowest BCUT2D eigenvalue weighted by molar-refractivity contribution is 0.0716. The Balaban J connectivity index is 2.12. The lowest BCUT2D eigenvalue weighted by Crippen LogP contribution is -2.30. The van der Waals surface area contributed by atoms with E-state index in [9.17, 15) is 9.90 Å². The molecule has 1 amide bonds. The van der Waals surface area contributed by atoms with Crippen LogP contribution in [-0.2, 0) is 4.74 Å². The fourth-order valence-corrected chi connectivity index (χ4v) is 1.82. The van der Waals surface area contributed by atoms with E-state index in [4.69, 9.17) is 4.74 Å². The van der Waals surface area contributed by atoms with Crippen LogP contribution < -0.4 is 0 Å². The van der Waals surface area contributed by atoms with E-state index < -0.39 is 0 Å². The zero-order valence-corrected chi connectivity index (χ0v) is 9.09. The van der Waals surface area contributed by atoms with Gasteiger partial charge in [0.15, 0.2) is 5.69 Å². The van der Waals surface area contributed by atoms with Gasteiger partial charge in [-0.15, -0.1) is 0 Å². The molecule has 0 aliphatic carbocycles. The van der Waals surface area contributed by atoms with E-state index >= 15 is 0 Å². The third-order valence-electron chi connectivity index (χ3n) is 2.75. The zero-order chi connectivity index (χ0) is 11.5. The van der Waals surface area contributed by atoms with Gasteiger partial charge in [-0.2, -0.15) is 0 Å². The van der Waals surface area contributed by atoms with Crippen LogP contribution in [0.3, 0.4) is 0 Å². The Morgan fingerprint density at radius 3 is 3.12 bits per heavy atom. The van der Waals surface area contributed by atoms with Crippen LogP contribution in [0.5, 0.6) is 5.75 Å². The summed E-state index contributed by atoms with van der Waals surface area (Å²) in [5.41, 5.74) is 0.110. The predicted octanol–water partition coefficient (Wildman–Crippen LogP) is 0.648. The zero-order valence-electron chi connectivity index (χ0n) is 9.09. The molecule has 0 bridgehead atoms. The van der Waals surface area contributed by atoms with Crippen LogP contribution in [0.2, 0.25) is 0 Å². The fourth-order valence-electron chi connectivity index (χ4n) is 1.82. The van der Waals surface area contributed by atoms with Gasteiger partial charge in [-0.1, -0.05) is 0 Å². The molecule has 1 saturated heterocycles. The summed E-state index contributed by atoms with van der Waals surface area (Å²) in [5.74, 6) is -0.314. The first-order chi connectivity index (χ1) is 7.72. The van der Waals surface area contributed by atoms with Crippen molar-refractivity contribution < 1.29 is 14.6 Å². The first kappa shape index (κ1) is 10.9. The molecule has 86 valence electrons. The Morgan fingerprint density at radius 1 is 1.69 bits per heavy atom. The molecule has 16 heavy (non-hydrogen) atoms. The summed E-state index contributed by atoms with van der Waals surface area (Å²) in [4.78, 5) is 17.5. The third kappa shape index (κ3) is 1.99. The number of nitrogens with zero attached hydrogens (tertiary/aromatic N) is 2. The number of carbonyl (C=O) groups excluding carboxylic acids is 1. The van der Waals surface area contributed by atoms with Crippen LogP contribution in [0.1, 0.15) is 16.9 Å². The van der Waals surface area contributed by atoms with E-state index in [2.05, 4.69) is 4.98 Å². The standard InChI is InChI=1S/C11H14N2O3/c1-16-8-4-6-13(7-8)11(15)10-9(14)3-2-5-12-10/h2-3,5,8,14H,4,6-7H2,1H3. The molecule has 5 heteroatoms. The second-order valence-electron chi connectivity index (χ2n) is 3.77. The first-order valence-electron chi connectivity index (χ1n) is 5.18. The molecule has 5 nitrogen and oxygen atoms in total.